The Bertz CT molecular complexity index is 801. The predicted molar refractivity (Wildman–Crippen MR) is 116 cm³/mol. The summed E-state index contributed by atoms with van der Waals surface area (Å²) in [5.74, 6) is 1.21. The molecular formula is C25H38O8. The van der Waals surface area contributed by atoms with Crippen molar-refractivity contribution in [1.82, 2.24) is 0 Å². The summed E-state index contributed by atoms with van der Waals surface area (Å²) in [7, 11) is 0. The number of ketones is 1. The number of hydrogen-bond acceptors (Lipinski definition) is 7. The molecule has 1 aliphatic heterocycles. The molecule has 0 spiro atoms. The number of aliphatic hydroxyl groups excluding tert-OH is 3. The fourth-order valence-corrected chi connectivity index (χ4v) is 8.55. The number of fused-ring (bicyclic) bond motifs is 5. The second-order valence-electron chi connectivity index (χ2n) is 11.9. The van der Waals surface area contributed by atoms with E-state index in [0.717, 1.165) is 51.4 Å². The van der Waals surface area contributed by atoms with E-state index in [2.05, 4.69) is 13.8 Å². The Morgan fingerprint density at radius 3 is 2.39 bits per heavy atom. The van der Waals surface area contributed by atoms with E-state index >= 15 is 0 Å². The molecule has 5 rings (SSSR count). The van der Waals surface area contributed by atoms with Gasteiger partial charge in [0.1, 0.15) is 24.1 Å². The Labute approximate surface area is 194 Å². The first kappa shape index (κ1) is 23.7. The van der Waals surface area contributed by atoms with Crippen LogP contribution in [0.1, 0.15) is 71.6 Å². The molecule has 4 N–H and O–H groups in total. The van der Waals surface area contributed by atoms with E-state index in [0.29, 0.717) is 35.9 Å². The molecule has 33 heavy (non-hydrogen) atoms. The largest absolute Gasteiger partial charge is 0.479 e. The van der Waals surface area contributed by atoms with Gasteiger partial charge >= 0.3 is 5.97 Å². The summed E-state index contributed by atoms with van der Waals surface area (Å²) in [4.78, 5) is 23.6. The molecule has 1 saturated heterocycles. The van der Waals surface area contributed by atoms with Gasteiger partial charge in [0.2, 0.25) is 0 Å². The maximum absolute atomic E-state index is 12.1. The molecule has 1 heterocycles. The van der Waals surface area contributed by atoms with Crippen LogP contribution in [0.25, 0.3) is 0 Å². The monoisotopic (exact) mass is 466 g/mol. The average molecular weight is 467 g/mol. The summed E-state index contributed by atoms with van der Waals surface area (Å²) < 4.78 is 11.6. The summed E-state index contributed by atoms with van der Waals surface area (Å²) in [6.45, 7) is 4.66. The third-order valence-electron chi connectivity index (χ3n) is 10.5. The molecule has 4 aliphatic carbocycles. The van der Waals surface area contributed by atoms with Crippen LogP contribution in [0.4, 0.5) is 0 Å². The standard InChI is InChI=1S/C25H38O8/c1-24-9-7-13(26)11-12(24)3-4-14-15-5-6-17(25(15,2)10-8-16(14)24)32-23-20(29)18(27)19(28)21(33-23)22(30)31/h12,14-21,23,27-29H,3-11H2,1-2H3,(H,30,31)/t12-,14-,15-,16-,17-,18-,19-,20+,21-,23?,24-,25-/m0/s1. The summed E-state index contributed by atoms with van der Waals surface area (Å²) in [5, 5.41) is 39.9. The highest BCUT2D eigenvalue weighted by Gasteiger charge is 2.61. The lowest BCUT2D eigenvalue weighted by Gasteiger charge is -2.60. The van der Waals surface area contributed by atoms with Crippen LogP contribution in [0.5, 0.6) is 0 Å². The molecule has 8 nitrogen and oxygen atoms in total. The van der Waals surface area contributed by atoms with Crippen LogP contribution in [0, 0.1) is 34.5 Å². The molecule has 0 aromatic rings. The van der Waals surface area contributed by atoms with Crippen molar-refractivity contribution in [2.75, 3.05) is 0 Å². The van der Waals surface area contributed by atoms with Crippen LogP contribution in [0.15, 0.2) is 0 Å². The second kappa shape index (κ2) is 8.26. The van der Waals surface area contributed by atoms with E-state index in [1.165, 1.54) is 0 Å². The van der Waals surface area contributed by atoms with Crippen LogP contribution in [-0.2, 0) is 19.1 Å². The number of carboxylic acids is 1. The Kier molecular flexibility index (Phi) is 5.93. The highest BCUT2D eigenvalue weighted by molar-refractivity contribution is 5.79. The quantitative estimate of drug-likeness (QED) is 0.495. The zero-order valence-corrected chi connectivity index (χ0v) is 19.6. The highest BCUT2D eigenvalue weighted by atomic mass is 16.7. The molecule has 5 fully saturated rings. The van der Waals surface area contributed by atoms with Crippen molar-refractivity contribution in [3.8, 4) is 0 Å². The molecule has 0 aromatic carbocycles. The van der Waals surface area contributed by atoms with Gasteiger partial charge in [0, 0.05) is 12.8 Å². The molecular weight excluding hydrogens is 428 g/mol. The maximum Gasteiger partial charge on any atom is 0.335 e. The zero-order valence-electron chi connectivity index (χ0n) is 19.6. The van der Waals surface area contributed by atoms with Crippen molar-refractivity contribution in [2.24, 2.45) is 34.5 Å². The lowest BCUT2D eigenvalue weighted by molar-refractivity contribution is -0.313. The second-order valence-corrected chi connectivity index (χ2v) is 11.9. The van der Waals surface area contributed by atoms with E-state index < -0.39 is 36.7 Å². The SMILES string of the molecule is C[C@]12CCC(=O)C[C@@H]1CC[C@@H]1[C@@H]2CC[C@]2(C)[C@@H](OC3O[C@H](C(=O)O)[C@@H](O)[C@H](O)[C@H]3O)CC[C@@H]12. The van der Waals surface area contributed by atoms with Crippen molar-refractivity contribution < 1.29 is 39.5 Å². The van der Waals surface area contributed by atoms with Crippen molar-refractivity contribution in [2.45, 2.75) is 108 Å². The molecule has 1 unspecified atom stereocenters. The number of hydrogen-bond donors (Lipinski definition) is 4. The van der Waals surface area contributed by atoms with E-state index in [4.69, 9.17) is 9.47 Å². The van der Waals surface area contributed by atoms with Crippen molar-refractivity contribution in [1.29, 1.82) is 0 Å². The topological polar surface area (TPSA) is 134 Å². The molecule has 12 atom stereocenters. The molecule has 0 radical (unpaired) electrons. The van der Waals surface area contributed by atoms with Crippen LogP contribution in [-0.4, -0.2) is 69.0 Å². The molecule has 8 heteroatoms. The minimum Gasteiger partial charge on any atom is -0.479 e. The molecule has 5 aliphatic rings. The Morgan fingerprint density at radius 2 is 1.67 bits per heavy atom. The number of rotatable bonds is 3. The predicted octanol–water partition coefficient (Wildman–Crippen LogP) is 1.88. The summed E-state index contributed by atoms with van der Waals surface area (Å²) in [6, 6.07) is 0. The molecule has 0 aromatic heterocycles. The van der Waals surface area contributed by atoms with Crippen LogP contribution < -0.4 is 0 Å². The minimum atomic E-state index is -1.71. The van der Waals surface area contributed by atoms with Gasteiger partial charge in [-0.05, 0) is 79.4 Å². The first-order chi connectivity index (χ1) is 15.6. The number of aliphatic hydroxyl groups is 3. The third-order valence-corrected chi connectivity index (χ3v) is 10.5. The first-order valence-corrected chi connectivity index (χ1v) is 12.7. The van der Waals surface area contributed by atoms with Crippen molar-refractivity contribution >= 4 is 11.8 Å². The molecule has 0 bridgehead atoms. The number of Topliss-reactive ketones (excluding diaryl/α,β-unsaturated/α-hetero) is 1. The van der Waals surface area contributed by atoms with E-state index in [1.807, 2.05) is 0 Å². The number of carbonyl (C=O) groups excluding carboxylic acids is 1. The Morgan fingerprint density at radius 1 is 0.939 bits per heavy atom. The molecule has 186 valence electrons. The number of carbonyl (C=O) groups is 2. The van der Waals surface area contributed by atoms with E-state index in [9.17, 15) is 30.0 Å². The van der Waals surface area contributed by atoms with Gasteiger partial charge < -0.3 is 29.9 Å². The third kappa shape index (κ3) is 3.59. The molecule has 4 saturated carbocycles. The Balaban J connectivity index is 1.32. The van der Waals surface area contributed by atoms with Gasteiger partial charge in [-0.1, -0.05) is 13.8 Å². The van der Waals surface area contributed by atoms with Crippen LogP contribution >= 0.6 is 0 Å². The van der Waals surface area contributed by atoms with Gasteiger partial charge in [-0.25, -0.2) is 4.79 Å². The van der Waals surface area contributed by atoms with Gasteiger partial charge in [-0.2, -0.15) is 0 Å². The van der Waals surface area contributed by atoms with Gasteiger partial charge in [-0.3, -0.25) is 4.79 Å². The summed E-state index contributed by atoms with van der Waals surface area (Å²) in [6.07, 6.45) is 0.569. The Hall–Kier alpha value is -1.06. The number of aliphatic carboxylic acids is 1. The lowest BCUT2D eigenvalue weighted by Crippen LogP contribution is -2.61. The molecule has 0 amide bonds. The van der Waals surface area contributed by atoms with Gasteiger partial charge in [0.25, 0.3) is 0 Å². The smallest absolute Gasteiger partial charge is 0.335 e. The van der Waals surface area contributed by atoms with Gasteiger partial charge in [0.15, 0.2) is 12.4 Å². The van der Waals surface area contributed by atoms with Crippen LogP contribution in [0.2, 0.25) is 0 Å². The van der Waals surface area contributed by atoms with Gasteiger partial charge in [0.05, 0.1) is 6.10 Å². The summed E-state index contributed by atoms with van der Waals surface area (Å²) >= 11 is 0. The number of ether oxygens (including phenoxy) is 2. The average Bonchev–Trinajstić information content (AvgIpc) is 3.10. The minimum absolute atomic E-state index is 0.113. The highest BCUT2D eigenvalue weighted by Crippen LogP contribution is 2.66. The summed E-state index contributed by atoms with van der Waals surface area (Å²) in [5.41, 5.74) is 0.117. The van der Waals surface area contributed by atoms with E-state index in [1.54, 1.807) is 0 Å². The van der Waals surface area contributed by atoms with Gasteiger partial charge in [-0.15, -0.1) is 0 Å². The maximum atomic E-state index is 12.1. The van der Waals surface area contributed by atoms with E-state index in [-0.39, 0.29) is 16.9 Å². The fraction of sp³-hybridized carbons (Fsp3) is 0.920. The van der Waals surface area contributed by atoms with Crippen molar-refractivity contribution in [3.05, 3.63) is 0 Å². The first-order valence-electron chi connectivity index (χ1n) is 12.7. The zero-order chi connectivity index (χ0) is 23.7. The van der Waals surface area contributed by atoms with Crippen LogP contribution in [0.3, 0.4) is 0 Å². The number of carboxylic acid groups (broad SMARTS) is 1. The van der Waals surface area contributed by atoms with Crippen molar-refractivity contribution in [3.63, 3.8) is 0 Å². The fourth-order valence-electron chi connectivity index (χ4n) is 8.55. The normalized spacial score (nSPS) is 54.3. The lowest BCUT2D eigenvalue weighted by atomic mass is 9.45.